The van der Waals surface area contributed by atoms with E-state index in [9.17, 15) is 14.0 Å². The van der Waals surface area contributed by atoms with Crippen LogP contribution in [0.2, 0.25) is 0 Å². The second kappa shape index (κ2) is 9.08. The Balaban J connectivity index is 1.35. The quantitative estimate of drug-likeness (QED) is 0.479. The molecule has 4 aromatic rings. The number of rotatable bonds is 7. The van der Waals surface area contributed by atoms with Crippen molar-refractivity contribution in [3.63, 3.8) is 0 Å². The first kappa shape index (κ1) is 20.1. The number of hydrogen-bond acceptors (Lipinski definition) is 4. The Labute approximate surface area is 177 Å². The van der Waals surface area contributed by atoms with Gasteiger partial charge in [-0.2, -0.15) is 5.10 Å². The SMILES string of the molecule is O=C(Cc1cccc(F)c1)Nc1cnn(-c2ccc(C(=O)NCc3ccco3)cc2)c1. The average molecular weight is 418 g/mol. The number of aromatic nitrogens is 2. The zero-order valence-electron chi connectivity index (χ0n) is 16.4. The Morgan fingerprint density at radius 3 is 2.65 bits per heavy atom. The van der Waals surface area contributed by atoms with Gasteiger partial charge in [0.2, 0.25) is 5.91 Å². The number of hydrogen-bond donors (Lipinski definition) is 2. The molecule has 0 atom stereocenters. The number of furan rings is 1. The fourth-order valence-corrected chi connectivity index (χ4v) is 3.01. The minimum absolute atomic E-state index is 0.0603. The molecule has 0 bridgehead atoms. The van der Waals surface area contributed by atoms with Crippen molar-refractivity contribution in [3.8, 4) is 5.69 Å². The zero-order chi connectivity index (χ0) is 21.6. The second-order valence-corrected chi connectivity index (χ2v) is 6.84. The van der Waals surface area contributed by atoms with Crippen LogP contribution < -0.4 is 10.6 Å². The van der Waals surface area contributed by atoms with Crippen LogP contribution in [-0.4, -0.2) is 21.6 Å². The molecule has 2 aromatic carbocycles. The first-order chi connectivity index (χ1) is 15.1. The molecule has 0 saturated heterocycles. The zero-order valence-corrected chi connectivity index (χ0v) is 16.4. The summed E-state index contributed by atoms with van der Waals surface area (Å²) in [7, 11) is 0. The summed E-state index contributed by atoms with van der Waals surface area (Å²) in [5.41, 5.74) is 2.34. The smallest absolute Gasteiger partial charge is 0.251 e. The number of amides is 2. The molecule has 8 heteroatoms. The molecule has 156 valence electrons. The number of halogens is 1. The summed E-state index contributed by atoms with van der Waals surface area (Å²) in [6, 6.07) is 16.4. The Morgan fingerprint density at radius 1 is 1.06 bits per heavy atom. The first-order valence-electron chi connectivity index (χ1n) is 9.57. The molecular formula is C23H19FN4O3. The molecule has 0 radical (unpaired) electrons. The molecule has 0 saturated carbocycles. The molecule has 2 N–H and O–H groups in total. The molecule has 2 amide bonds. The van der Waals surface area contributed by atoms with Crippen molar-refractivity contribution >= 4 is 17.5 Å². The minimum atomic E-state index is -0.379. The number of nitrogens with zero attached hydrogens (tertiary/aromatic N) is 2. The maximum Gasteiger partial charge on any atom is 0.251 e. The topological polar surface area (TPSA) is 89.2 Å². The van der Waals surface area contributed by atoms with Crippen LogP contribution in [0.5, 0.6) is 0 Å². The summed E-state index contributed by atoms with van der Waals surface area (Å²) in [5, 5.41) is 9.76. The van der Waals surface area contributed by atoms with E-state index in [1.807, 2.05) is 0 Å². The highest BCUT2D eigenvalue weighted by molar-refractivity contribution is 5.94. The average Bonchev–Trinajstić information content (AvgIpc) is 3.44. The van der Waals surface area contributed by atoms with Crippen LogP contribution in [0.3, 0.4) is 0 Å². The molecule has 7 nitrogen and oxygen atoms in total. The van der Waals surface area contributed by atoms with E-state index in [-0.39, 0.29) is 24.1 Å². The number of benzene rings is 2. The van der Waals surface area contributed by atoms with Gasteiger partial charge >= 0.3 is 0 Å². The predicted molar refractivity (Wildman–Crippen MR) is 112 cm³/mol. The molecule has 4 rings (SSSR count). The van der Waals surface area contributed by atoms with Crippen molar-refractivity contribution < 1.29 is 18.4 Å². The van der Waals surface area contributed by atoms with Crippen molar-refractivity contribution in [1.29, 1.82) is 0 Å². The molecule has 0 aliphatic carbocycles. The lowest BCUT2D eigenvalue weighted by Gasteiger charge is -2.05. The highest BCUT2D eigenvalue weighted by Crippen LogP contribution is 2.14. The largest absolute Gasteiger partial charge is 0.467 e. The lowest BCUT2D eigenvalue weighted by Crippen LogP contribution is -2.22. The van der Waals surface area contributed by atoms with Crippen molar-refractivity contribution in [2.24, 2.45) is 0 Å². The van der Waals surface area contributed by atoms with Crippen LogP contribution >= 0.6 is 0 Å². The van der Waals surface area contributed by atoms with Crippen LogP contribution in [0.1, 0.15) is 21.7 Å². The second-order valence-electron chi connectivity index (χ2n) is 6.84. The van der Waals surface area contributed by atoms with Crippen molar-refractivity contribution in [3.05, 3.63) is 102 Å². The van der Waals surface area contributed by atoms with Gasteiger partial charge in [-0.3, -0.25) is 9.59 Å². The fourth-order valence-electron chi connectivity index (χ4n) is 3.01. The van der Waals surface area contributed by atoms with Crippen molar-refractivity contribution in [2.75, 3.05) is 5.32 Å². The van der Waals surface area contributed by atoms with Gasteiger partial charge in [-0.25, -0.2) is 9.07 Å². The van der Waals surface area contributed by atoms with E-state index in [4.69, 9.17) is 4.42 Å². The summed E-state index contributed by atoms with van der Waals surface area (Å²) in [6.07, 6.45) is 4.80. The van der Waals surface area contributed by atoms with Crippen LogP contribution in [0.15, 0.2) is 83.7 Å². The van der Waals surface area contributed by atoms with Gasteiger partial charge in [-0.05, 0) is 54.1 Å². The van der Waals surface area contributed by atoms with Gasteiger partial charge in [-0.15, -0.1) is 0 Å². The molecule has 31 heavy (non-hydrogen) atoms. The third-order valence-electron chi connectivity index (χ3n) is 4.52. The van der Waals surface area contributed by atoms with Crippen molar-refractivity contribution in [2.45, 2.75) is 13.0 Å². The minimum Gasteiger partial charge on any atom is -0.467 e. The van der Waals surface area contributed by atoms with Crippen LogP contribution in [-0.2, 0) is 17.8 Å². The summed E-state index contributed by atoms with van der Waals surface area (Å²) in [4.78, 5) is 24.4. The van der Waals surface area contributed by atoms with Gasteiger partial charge in [0, 0.05) is 5.56 Å². The summed E-state index contributed by atoms with van der Waals surface area (Å²) in [5.74, 6) is -0.188. The van der Waals surface area contributed by atoms with Gasteiger partial charge in [0.1, 0.15) is 11.6 Å². The molecule has 0 aliphatic rings. The third-order valence-corrected chi connectivity index (χ3v) is 4.52. The van der Waals surface area contributed by atoms with E-state index in [1.54, 1.807) is 65.7 Å². The standard InChI is InChI=1S/C23H19FN4O3/c24-18-4-1-3-16(11-18)12-22(29)27-19-13-26-28(15-19)20-8-6-17(7-9-20)23(30)25-14-21-5-2-10-31-21/h1-11,13,15H,12,14H2,(H,25,30)(H,27,29). The Morgan fingerprint density at radius 2 is 1.90 bits per heavy atom. The van der Waals surface area contributed by atoms with Gasteiger partial charge in [0.25, 0.3) is 5.91 Å². The molecule has 2 aromatic heterocycles. The summed E-state index contributed by atoms with van der Waals surface area (Å²) < 4.78 is 20.0. The number of anilines is 1. The number of carbonyl (C=O) groups is 2. The van der Waals surface area contributed by atoms with Crippen LogP contribution in [0.25, 0.3) is 5.69 Å². The van der Waals surface area contributed by atoms with E-state index in [0.717, 1.165) is 5.69 Å². The highest BCUT2D eigenvalue weighted by atomic mass is 19.1. The highest BCUT2D eigenvalue weighted by Gasteiger charge is 2.09. The van der Waals surface area contributed by atoms with Gasteiger partial charge in [0.05, 0.1) is 43.0 Å². The summed E-state index contributed by atoms with van der Waals surface area (Å²) >= 11 is 0. The number of nitrogens with one attached hydrogen (secondary N) is 2. The first-order valence-corrected chi connectivity index (χ1v) is 9.57. The lowest BCUT2D eigenvalue weighted by molar-refractivity contribution is -0.115. The molecule has 0 spiro atoms. The monoisotopic (exact) mass is 418 g/mol. The van der Waals surface area contributed by atoms with Gasteiger partial charge in [0.15, 0.2) is 0 Å². The van der Waals surface area contributed by atoms with Crippen LogP contribution in [0.4, 0.5) is 10.1 Å². The maximum absolute atomic E-state index is 13.2. The molecule has 2 heterocycles. The van der Waals surface area contributed by atoms with Gasteiger partial charge < -0.3 is 15.1 Å². The Bertz CT molecular complexity index is 1180. The molecular weight excluding hydrogens is 399 g/mol. The third kappa shape index (κ3) is 5.24. The maximum atomic E-state index is 13.2. The molecule has 0 unspecified atom stereocenters. The Kier molecular flexibility index (Phi) is 5.89. The van der Waals surface area contributed by atoms with Gasteiger partial charge in [-0.1, -0.05) is 12.1 Å². The fraction of sp³-hybridized carbons (Fsp3) is 0.0870. The van der Waals surface area contributed by atoms with E-state index >= 15 is 0 Å². The van der Waals surface area contributed by atoms with Crippen molar-refractivity contribution in [1.82, 2.24) is 15.1 Å². The van der Waals surface area contributed by atoms with E-state index in [2.05, 4.69) is 15.7 Å². The number of carbonyl (C=O) groups excluding carboxylic acids is 2. The van der Waals surface area contributed by atoms with Crippen LogP contribution in [0, 0.1) is 5.82 Å². The van der Waals surface area contributed by atoms with E-state index in [1.165, 1.54) is 18.3 Å². The van der Waals surface area contributed by atoms with E-state index < -0.39 is 0 Å². The molecule has 0 fully saturated rings. The van der Waals surface area contributed by atoms with E-state index in [0.29, 0.717) is 29.1 Å². The predicted octanol–water partition coefficient (Wildman–Crippen LogP) is 3.72. The summed E-state index contributed by atoms with van der Waals surface area (Å²) in [6.45, 7) is 0.311. The lowest BCUT2D eigenvalue weighted by atomic mass is 10.1. The Hall–Kier alpha value is -4.20. The normalized spacial score (nSPS) is 10.6. The molecule has 0 aliphatic heterocycles.